The average molecular weight is 232 g/mol. The molecule has 0 aliphatic heterocycles. The molecule has 78 valence electrons. The minimum Gasteiger partial charge on any atom is -0.318 e. The lowest BCUT2D eigenvalue weighted by molar-refractivity contribution is -0.116. The maximum atomic E-state index is 11.3. The van der Waals surface area contributed by atoms with E-state index in [0.29, 0.717) is 12.3 Å². The molecule has 14 heavy (non-hydrogen) atoms. The molecule has 0 saturated carbocycles. The molecule has 0 atom stereocenters. The van der Waals surface area contributed by atoms with E-state index in [1.165, 1.54) is 10.4 Å². The normalized spacial score (nSPS) is 10.2. The number of hydrogen-bond acceptors (Lipinski definition) is 2. The van der Waals surface area contributed by atoms with Crippen molar-refractivity contribution in [1.29, 1.82) is 0 Å². The van der Waals surface area contributed by atoms with Gasteiger partial charge in [0.05, 0.1) is 5.00 Å². The first-order chi connectivity index (χ1) is 6.63. The van der Waals surface area contributed by atoms with Gasteiger partial charge in [0.15, 0.2) is 0 Å². The van der Waals surface area contributed by atoms with Crippen LogP contribution in [0.15, 0.2) is 6.07 Å². The predicted molar refractivity (Wildman–Crippen MR) is 62.4 cm³/mol. The second-order valence-electron chi connectivity index (χ2n) is 3.19. The molecule has 0 radical (unpaired) electrons. The van der Waals surface area contributed by atoms with E-state index in [9.17, 15) is 4.79 Å². The minimum atomic E-state index is 0.0481. The van der Waals surface area contributed by atoms with Crippen molar-refractivity contribution in [2.45, 2.75) is 26.7 Å². The Hall–Kier alpha value is -0.540. The zero-order valence-corrected chi connectivity index (χ0v) is 9.97. The Labute approximate surface area is 93.3 Å². The Bertz CT molecular complexity index is 302. The molecule has 4 heteroatoms. The van der Waals surface area contributed by atoms with Crippen LogP contribution in [0.4, 0.5) is 5.00 Å². The Kier molecular flexibility index (Phi) is 4.42. The number of hydrogen-bond donors (Lipinski definition) is 1. The van der Waals surface area contributed by atoms with E-state index in [0.717, 1.165) is 11.4 Å². The maximum Gasteiger partial charge on any atom is 0.225 e. The quantitative estimate of drug-likeness (QED) is 0.792. The summed E-state index contributed by atoms with van der Waals surface area (Å²) in [5, 5.41) is 3.79. The molecule has 0 fully saturated rings. The third-order valence-corrected chi connectivity index (χ3v) is 3.30. The number of aryl methyl sites for hydroxylation is 2. The summed E-state index contributed by atoms with van der Waals surface area (Å²) in [7, 11) is 0. The molecule has 0 aromatic carbocycles. The van der Waals surface area contributed by atoms with Crippen LogP contribution in [0.5, 0.6) is 0 Å². The van der Waals surface area contributed by atoms with Crippen LogP contribution in [0.2, 0.25) is 0 Å². The monoisotopic (exact) mass is 231 g/mol. The molecule has 1 aromatic heterocycles. The molecule has 0 saturated heterocycles. The Morgan fingerprint density at radius 1 is 1.57 bits per heavy atom. The molecule has 0 aliphatic carbocycles. The van der Waals surface area contributed by atoms with E-state index in [2.05, 4.69) is 12.2 Å². The second-order valence-corrected chi connectivity index (χ2v) is 4.82. The van der Waals surface area contributed by atoms with Crippen LogP contribution >= 0.6 is 22.9 Å². The van der Waals surface area contributed by atoms with Gasteiger partial charge in [0.2, 0.25) is 5.91 Å². The van der Waals surface area contributed by atoms with Crippen molar-refractivity contribution in [2.75, 3.05) is 11.2 Å². The second kappa shape index (κ2) is 5.37. The van der Waals surface area contributed by atoms with E-state index >= 15 is 0 Å². The highest BCUT2D eigenvalue weighted by Crippen LogP contribution is 2.25. The number of nitrogens with one attached hydrogen (secondary N) is 1. The van der Waals surface area contributed by atoms with Crippen LogP contribution < -0.4 is 5.32 Å². The number of carbonyl (C=O) groups is 1. The highest BCUT2D eigenvalue weighted by atomic mass is 35.5. The van der Waals surface area contributed by atoms with Gasteiger partial charge in [0.25, 0.3) is 0 Å². The summed E-state index contributed by atoms with van der Waals surface area (Å²) in [4.78, 5) is 12.6. The molecule has 1 heterocycles. The highest BCUT2D eigenvalue weighted by Gasteiger charge is 2.05. The van der Waals surface area contributed by atoms with Crippen LogP contribution in [-0.4, -0.2) is 11.8 Å². The molecule has 2 nitrogen and oxygen atoms in total. The summed E-state index contributed by atoms with van der Waals surface area (Å²) in [6.45, 7) is 4.09. The van der Waals surface area contributed by atoms with Gasteiger partial charge in [-0.1, -0.05) is 0 Å². The van der Waals surface area contributed by atoms with Gasteiger partial charge in [-0.05, 0) is 31.9 Å². The summed E-state index contributed by atoms with van der Waals surface area (Å²) < 4.78 is 0. The topological polar surface area (TPSA) is 29.1 Å². The molecule has 0 spiro atoms. The van der Waals surface area contributed by atoms with Gasteiger partial charge >= 0.3 is 0 Å². The fraction of sp³-hybridized carbons (Fsp3) is 0.500. The number of alkyl halides is 1. The molecule has 1 rings (SSSR count). The number of thiophene rings is 1. The molecule has 0 bridgehead atoms. The third kappa shape index (κ3) is 3.31. The summed E-state index contributed by atoms with van der Waals surface area (Å²) in [6.07, 6.45) is 1.23. The maximum absolute atomic E-state index is 11.3. The summed E-state index contributed by atoms with van der Waals surface area (Å²) in [5.74, 6) is 0.586. The van der Waals surface area contributed by atoms with Gasteiger partial charge in [0.1, 0.15) is 0 Å². The van der Waals surface area contributed by atoms with Crippen molar-refractivity contribution in [3.8, 4) is 0 Å². The van der Waals surface area contributed by atoms with Gasteiger partial charge < -0.3 is 5.32 Å². The van der Waals surface area contributed by atoms with Gasteiger partial charge in [-0.15, -0.1) is 22.9 Å². The largest absolute Gasteiger partial charge is 0.318 e. The zero-order valence-electron chi connectivity index (χ0n) is 8.39. The standard InChI is InChI=1S/C10H14ClNOS/c1-7-6-10(14-8(7)2)12-9(13)4-3-5-11/h6H,3-5H2,1-2H3,(H,12,13). The first-order valence-corrected chi connectivity index (χ1v) is 5.91. The van der Waals surface area contributed by atoms with E-state index in [1.807, 2.05) is 13.0 Å². The Morgan fingerprint density at radius 2 is 2.29 bits per heavy atom. The molecular weight excluding hydrogens is 218 g/mol. The fourth-order valence-corrected chi connectivity index (χ4v) is 2.15. The minimum absolute atomic E-state index is 0.0481. The summed E-state index contributed by atoms with van der Waals surface area (Å²) >= 11 is 7.11. The average Bonchev–Trinajstić information content (AvgIpc) is 2.42. The molecule has 1 N–H and O–H groups in total. The van der Waals surface area contributed by atoms with Gasteiger partial charge in [0, 0.05) is 17.2 Å². The molecule has 1 aromatic rings. The van der Waals surface area contributed by atoms with Crippen molar-refractivity contribution in [3.05, 3.63) is 16.5 Å². The van der Waals surface area contributed by atoms with Crippen LogP contribution in [0.3, 0.4) is 0 Å². The van der Waals surface area contributed by atoms with E-state index in [4.69, 9.17) is 11.6 Å². The molecule has 1 amide bonds. The van der Waals surface area contributed by atoms with Crippen molar-refractivity contribution >= 4 is 33.8 Å². The Morgan fingerprint density at radius 3 is 2.79 bits per heavy atom. The number of rotatable bonds is 4. The lowest BCUT2D eigenvalue weighted by atomic mass is 10.3. The number of anilines is 1. The van der Waals surface area contributed by atoms with Crippen LogP contribution in [0, 0.1) is 13.8 Å². The van der Waals surface area contributed by atoms with E-state index < -0.39 is 0 Å². The van der Waals surface area contributed by atoms with Crippen molar-refractivity contribution in [1.82, 2.24) is 0 Å². The van der Waals surface area contributed by atoms with E-state index in [-0.39, 0.29) is 5.91 Å². The molecule has 0 aliphatic rings. The number of amides is 1. The number of carbonyl (C=O) groups excluding carboxylic acids is 1. The lowest BCUT2D eigenvalue weighted by Crippen LogP contribution is -2.09. The smallest absolute Gasteiger partial charge is 0.225 e. The number of halogens is 1. The van der Waals surface area contributed by atoms with Gasteiger partial charge in [-0.25, -0.2) is 0 Å². The summed E-state index contributed by atoms with van der Waals surface area (Å²) in [6, 6.07) is 2.00. The molecule has 0 unspecified atom stereocenters. The predicted octanol–water partition coefficient (Wildman–Crippen LogP) is 3.32. The van der Waals surface area contributed by atoms with Crippen LogP contribution in [-0.2, 0) is 4.79 Å². The zero-order chi connectivity index (χ0) is 10.6. The van der Waals surface area contributed by atoms with Gasteiger partial charge in [-0.2, -0.15) is 0 Å². The van der Waals surface area contributed by atoms with Gasteiger partial charge in [-0.3, -0.25) is 4.79 Å². The third-order valence-electron chi connectivity index (χ3n) is 1.97. The molecular formula is C10H14ClNOS. The van der Waals surface area contributed by atoms with E-state index in [1.54, 1.807) is 11.3 Å². The highest BCUT2D eigenvalue weighted by molar-refractivity contribution is 7.16. The Balaban J connectivity index is 2.48. The van der Waals surface area contributed by atoms with Crippen LogP contribution in [0.25, 0.3) is 0 Å². The first-order valence-electron chi connectivity index (χ1n) is 4.56. The SMILES string of the molecule is Cc1cc(NC(=O)CCCCl)sc1C. The fourth-order valence-electron chi connectivity index (χ4n) is 1.06. The first kappa shape index (κ1) is 11.5. The van der Waals surface area contributed by atoms with Crippen molar-refractivity contribution in [3.63, 3.8) is 0 Å². The van der Waals surface area contributed by atoms with Crippen LogP contribution in [0.1, 0.15) is 23.3 Å². The van der Waals surface area contributed by atoms with Crippen molar-refractivity contribution in [2.24, 2.45) is 0 Å². The lowest BCUT2D eigenvalue weighted by Gasteiger charge is -1.99. The van der Waals surface area contributed by atoms with Crippen molar-refractivity contribution < 1.29 is 4.79 Å². The summed E-state index contributed by atoms with van der Waals surface area (Å²) in [5.41, 5.74) is 1.22.